The molecule has 1 unspecified atom stereocenters. The van der Waals surface area contributed by atoms with Crippen molar-refractivity contribution in [2.75, 3.05) is 11.2 Å². The van der Waals surface area contributed by atoms with Crippen LogP contribution in [0.2, 0.25) is 0 Å². The molecule has 1 aromatic heterocycles. The Hall–Kier alpha value is -1.06. The van der Waals surface area contributed by atoms with E-state index in [2.05, 4.69) is 38.4 Å². The van der Waals surface area contributed by atoms with Gasteiger partial charge >= 0.3 is 0 Å². The monoisotopic (exact) mass is 338 g/mol. The number of pyridine rings is 1. The molecule has 19 heavy (non-hydrogen) atoms. The fourth-order valence-corrected chi connectivity index (χ4v) is 2.41. The van der Waals surface area contributed by atoms with Crippen LogP contribution in [-0.2, 0) is 6.42 Å². The molecule has 0 saturated heterocycles. The van der Waals surface area contributed by atoms with Gasteiger partial charge in [0, 0.05) is 18.1 Å². The van der Waals surface area contributed by atoms with E-state index in [9.17, 15) is 0 Å². The molecule has 1 heterocycles. The first-order chi connectivity index (χ1) is 9.20. The molecule has 100 valence electrons. The Morgan fingerprint density at radius 3 is 2.68 bits per heavy atom. The highest BCUT2D eigenvalue weighted by Gasteiger charge is 2.11. The van der Waals surface area contributed by atoms with Crippen molar-refractivity contribution < 1.29 is 0 Å². The fraction of sp³-hybridized carbons (Fsp3) is 0.267. The second-order valence-electron chi connectivity index (χ2n) is 4.48. The molecule has 1 aromatic carbocycles. The van der Waals surface area contributed by atoms with E-state index in [-0.39, 0.29) is 6.04 Å². The van der Waals surface area contributed by atoms with Crippen LogP contribution in [0.15, 0.2) is 47.1 Å². The van der Waals surface area contributed by atoms with E-state index in [4.69, 9.17) is 11.6 Å². The first-order valence-electron chi connectivity index (χ1n) is 6.18. The summed E-state index contributed by atoms with van der Waals surface area (Å²) in [5.74, 6) is 1.39. The van der Waals surface area contributed by atoms with E-state index in [0.29, 0.717) is 5.88 Å². The molecule has 0 saturated carbocycles. The van der Waals surface area contributed by atoms with Crippen LogP contribution >= 0.6 is 27.5 Å². The van der Waals surface area contributed by atoms with Crippen LogP contribution in [0.4, 0.5) is 5.82 Å². The molecule has 4 heteroatoms. The molecule has 0 spiro atoms. The van der Waals surface area contributed by atoms with Crippen LogP contribution in [0.5, 0.6) is 0 Å². The van der Waals surface area contributed by atoms with Crippen molar-refractivity contribution in [2.45, 2.75) is 19.4 Å². The van der Waals surface area contributed by atoms with Gasteiger partial charge in [-0.15, -0.1) is 11.6 Å². The summed E-state index contributed by atoms with van der Waals surface area (Å²) in [7, 11) is 0. The number of hydrogen-bond acceptors (Lipinski definition) is 2. The minimum Gasteiger partial charge on any atom is -0.365 e. The Balaban J connectivity index is 2.09. The van der Waals surface area contributed by atoms with Crippen LogP contribution in [0, 0.1) is 6.92 Å². The van der Waals surface area contributed by atoms with E-state index >= 15 is 0 Å². The maximum absolute atomic E-state index is 6.05. The fourth-order valence-electron chi connectivity index (χ4n) is 1.88. The highest BCUT2D eigenvalue weighted by Crippen LogP contribution is 2.24. The third kappa shape index (κ3) is 3.95. The van der Waals surface area contributed by atoms with Crippen LogP contribution < -0.4 is 5.32 Å². The molecule has 0 amide bonds. The van der Waals surface area contributed by atoms with Gasteiger partial charge in [-0.25, -0.2) is 4.98 Å². The highest BCUT2D eigenvalue weighted by atomic mass is 79.9. The molecule has 2 aromatic rings. The molecule has 0 aliphatic rings. The maximum atomic E-state index is 6.05. The molecule has 1 N–H and O–H groups in total. The SMILES string of the molecule is Cc1ccnc(NC(CCl)Cc2ccccc2)c1Br. The first kappa shape index (κ1) is 14.4. The van der Waals surface area contributed by atoms with Crippen LogP contribution in [-0.4, -0.2) is 16.9 Å². The Bertz CT molecular complexity index is 531. The normalized spacial score (nSPS) is 12.2. The number of anilines is 1. The highest BCUT2D eigenvalue weighted by molar-refractivity contribution is 9.10. The number of alkyl halides is 1. The number of benzene rings is 1. The van der Waals surface area contributed by atoms with Gasteiger partial charge in [0.25, 0.3) is 0 Å². The number of hydrogen-bond donors (Lipinski definition) is 1. The summed E-state index contributed by atoms with van der Waals surface area (Å²) in [6.45, 7) is 2.05. The summed E-state index contributed by atoms with van der Waals surface area (Å²) in [4.78, 5) is 4.35. The lowest BCUT2D eigenvalue weighted by atomic mass is 10.1. The molecule has 0 aliphatic heterocycles. The summed E-state index contributed by atoms with van der Waals surface area (Å²) in [5, 5.41) is 3.40. The van der Waals surface area contributed by atoms with Gasteiger partial charge in [-0.1, -0.05) is 30.3 Å². The molecule has 2 nitrogen and oxygen atoms in total. The molecular weight excluding hydrogens is 324 g/mol. The minimum absolute atomic E-state index is 0.162. The zero-order chi connectivity index (χ0) is 13.7. The molecule has 0 fully saturated rings. The van der Waals surface area contributed by atoms with E-state index < -0.39 is 0 Å². The van der Waals surface area contributed by atoms with Crippen LogP contribution in [0.3, 0.4) is 0 Å². The van der Waals surface area contributed by atoms with Crippen molar-refractivity contribution in [2.24, 2.45) is 0 Å². The summed E-state index contributed by atoms with van der Waals surface area (Å²) < 4.78 is 0.998. The summed E-state index contributed by atoms with van der Waals surface area (Å²) >= 11 is 9.61. The minimum atomic E-state index is 0.162. The zero-order valence-corrected chi connectivity index (χ0v) is 13.1. The molecule has 0 radical (unpaired) electrons. The van der Waals surface area contributed by atoms with Gasteiger partial charge in [0.2, 0.25) is 0 Å². The number of aromatic nitrogens is 1. The van der Waals surface area contributed by atoms with Crippen molar-refractivity contribution in [1.29, 1.82) is 0 Å². The Labute approximate surface area is 127 Å². The summed E-state index contributed by atoms with van der Waals surface area (Å²) in [6.07, 6.45) is 2.68. The predicted molar refractivity (Wildman–Crippen MR) is 85.0 cm³/mol. The lowest BCUT2D eigenvalue weighted by Gasteiger charge is -2.18. The van der Waals surface area contributed by atoms with E-state index in [1.165, 1.54) is 5.56 Å². The average molecular weight is 340 g/mol. The third-order valence-corrected chi connectivity index (χ3v) is 4.31. The van der Waals surface area contributed by atoms with Gasteiger partial charge in [-0.3, -0.25) is 0 Å². The van der Waals surface area contributed by atoms with Crippen LogP contribution in [0.25, 0.3) is 0 Å². The molecule has 1 atom stereocenters. The quantitative estimate of drug-likeness (QED) is 0.816. The van der Waals surface area contributed by atoms with Crippen molar-refractivity contribution in [3.05, 3.63) is 58.2 Å². The zero-order valence-electron chi connectivity index (χ0n) is 10.7. The van der Waals surface area contributed by atoms with Gasteiger partial charge in [-0.05, 0) is 46.5 Å². The van der Waals surface area contributed by atoms with E-state index in [1.807, 2.05) is 31.2 Å². The van der Waals surface area contributed by atoms with Gasteiger partial charge in [0.15, 0.2) is 0 Å². The van der Waals surface area contributed by atoms with Crippen molar-refractivity contribution in [3.8, 4) is 0 Å². The largest absolute Gasteiger partial charge is 0.365 e. The number of halogens is 2. The summed E-state index contributed by atoms with van der Waals surface area (Å²) in [5.41, 5.74) is 2.43. The topological polar surface area (TPSA) is 24.9 Å². The van der Waals surface area contributed by atoms with E-state index in [1.54, 1.807) is 6.20 Å². The smallest absolute Gasteiger partial charge is 0.140 e. The van der Waals surface area contributed by atoms with E-state index in [0.717, 1.165) is 22.3 Å². The van der Waals surface area contributed by atoms with Crippen molar-refractivity contribution in [1.82, 2.24) is 4.98 Å². The second kappa shape index (κ2) is 6.92. The lowest BCUT2D eigenvalue weighted by molar-refractivity contribution is 0.790. The van der Waals surface area contributed by atoms with Gasteiger partial charge < -0.3 is 5.32 Å². The first-order valence-corrected chi connectivity index (χ1v) is 7.51. The van der Waals surface area contributed by atoms with Gasteiger partial charge in [0.1, 0.15) is 5.82 Å². The Kier molecular flexibility index (Phi) is 5.23. The Morgan fingerprint density at radius 2 is 2.00 bits per heavy atom. The number of nitrogens with zero attached hydrogens (tertiary/aromatic N) is 1. The average Bonchev–Trinajstić information content (AvgIpc) is 2.44. The van der Waals surface area contributed by atoms with Gasteiger partial charge in [0.05, 0.1) is 4.47 Å². The van der Waals surface area contributed by atoms with Crippen molar-refractivity contribution in [3.63, 3.8) is 0 Å². The molecule has 0 bridgehead atoms. The Morgan fingerprint density at radius 1 is 1.26 bits per heavy atom. The summed E-state index contributed by atoms with van der Waals surface area (Å²) in [6, 6.07) is 12.5. The predicted octanol–water partition coefficient (Wildman–Crippen LogP) is 4.41. The van der Waals surface area contributed by atoms with Gasteiger partial charge in [-0.2, -0.15) is 0 Å². The molecule has 0 aliphatic carbocycles. The lowest BCUT2D eigenvalue weighted by Crippen LogP contribution is -2.25. The number of aryl methyl sites for hydroxylation is 1. The number of rotatable bonds is 5. The number of nitrogens with one attached hydrogen (secondary N) is 1. The second-order valence-corrected chi connectivity index (χ2v) is 5.58. The molecule has 2 rings (SSSR count). The van der Waals surface area contributed by atoms with Crippen molar-refractivity contribution >= 4 is 33.3 Å². The third-order valence-electron chi connectivity index (χ3n) is 2.93. The molecular formula is C15H16BrClN2. The standard InChI is InChI=1S/C15H16BrClN2/c1-11-7-8-18-15(14(11)16)19-13(10-17)9-12-5-3-2-4-6-12/h2-8,13H,9-10H2,1H3,(H,18,19). The maximum Gasteiger partial charge on any atom is 0.140 e. The van der Waals surface area contributed by atoms with Crippen LogP contribution in [0.1, 0.15) is 11.1 Å².